The summed E-state index contributed by atoms with van der Waals surface area (Å²) in [5.41, 5.74) is 4.26. The van der Waals surface area contributed by atoms with Gasteiger partial charge in [0.1, 0.15) is 5.75 Å². The average Bonchev–Trinajstić information content (AvgIpc) is 2.56. The number of nitrogens with zero attached hydrogens (tertiary/aromatic N) is 1. The summed E-state index contributed by atoms with van der Waals surface area (Å²) in [5, 5.41) is 3.26. The highest BCUT2D eigenvalue weighted by Gasteiger charge is 2.26. The van der Waals surface area contributed by atoms with Crippen LogP contribution in [0.2, 0.25) is 0 Å². The van der Waals surface area contributed by atoms with E-state index in [-0.39, 0.29) is 4.90 Å². The van der Waals surface area contributed by atoms with E-state index in [4.69, 9.17) is 4.74 Å². The van der Waals surface area contributed by atoms with E-state index in [1.807, 2.05) is 19.1 Å². The number of ether oxygens (including phenoxy) is 1. The third-order valence-corrected chi connectivity index (χ3v) is 5.04. The van der Waals surface area contributed by atoms with Crippen LogP contribution >= 0.6 is 0 Å². The van der Waals surface area contributed by atoms with E-state index in [0.717, 1.165) is 12.5 Å². The first-order valence-electron chi connectivity index (χ1n) is 7.15. The number of hydrogen-bond donors (Lipinski definition) is 1. The molecule has 0 heterocycles. The highest BCUT2D eigenvalue weighted by Crippen LogP contribution is 2.18. The minimum absolute atomic E-state index is 0.0250. The molecule has 0 atom stereocenters. The number of ketones is 1. The number of carbonyl (C=O) groups is 1. The Bertz CT molecular complexity index is 854. The molecule has 0 spiro atoms. The van der Waals surface area contributed by atoms with Crippen LogP contribution in [-0.4, -0.2) is 26.4 Å². The zero-order valence-corrected chi connectivity index (χ0v) is 14.4. The Kier molecular flexibility index (Phi) is 5.35. The van der Waals surface area contributed by atoms with Crippen LogP contribution in [0.15, 0.2) is 58.5 Å². The summed E-state index contributed by atoms with van der Waals surface area (Å²) >= 11 is 0. The smallest absolute Gasteiger partial charge is 0.229 e. The highest BCUT2D eigenvalue weighted by atomic mass is 32.2. The molecule has 0 saturated heterocycles. The van der Waals surface area contributed by atoms with Gasteiger partial charge in [-0.05, 0) is 43.3 Å². The largest absolute Gasteiger partial charge is 0.497 e. The van der Waals surface area contributed by atoms with Crippen LogP contribution in [0.3, 0.4) is 0 Å². The van der Waals surface area contributed by atoms with Crippen LogP contribution in [-0.2, 0) is 14.6 Å². The third-order valence-electron chi connectivity index (χ3n) is 3.26. The Hall–Kier alpha value is -2.67. The summed E-state index contributed by atoms with van der Waals surface area (Å²) in [7, 11) is -2.54. The van der Waals surface area contributed by atoms with Gasteiger partial charge in [-0.1, -0.05) is 17.7 Å². The van der Waals surface area contributed by atoms with Gasteiger partial charge in [0.2, 0.25) is 14.9 Å². The Labute approximate surface area is 141 Å². The lowest BCUT2D eigenvalue weighted by molar-refractivity contribution is -0.110. The van der Waals surface area contributed by atoms with E-state index < -0.39 is 20.7 Å². The topological polar surface area (TPSA) is 84.8 Å². The van der Waals surface area contributed by atoms with Crippen molar-refractivity contribution in [3.8, 4) is 5.75 Å². The molecule has 2 rings (SSSR count). The van der Waals surface area contributed by atoms with E-state index in [0.29, 0.717) is 11.4 Å². The molecule has 0 aromatic heterocycles. The van der Waals surface area contributed by atoms with Gasteiger partial charge >= 0.3 is 0 Å². The maximum Gasteiger partial charge on any atom is 0.229 e. The molecular formula is C17H18N2O4S. The Morgan fingerprint density at radius 1 is 1.04 bits per heavy atom. The number of hydrogen-bond acceptors (Lipinski definition) is 6. The number of aryl methyl sites for hydroxylation is 1. The van der Waals surface area contributed by atoms with E-state index >= 15 is 0 Å². The minimum atomic E-state index is -4.02. The first-order valence-corrected chi connectivity index (χ1v) is 8.63. The normalized spacial score (nSPS) is 11.9. The molecule has 2 aromatic rings. The lowest BCUT2D eigenvalue weighted by Crippen LogP contribution is -2.24. The number of Topliss-reactive ketones (excluding diaryl/α,β-unsaturated/α-hetero) is 1. The molecule has 0 aliphatic rings. The molecule has 24 heavy (non-hydrogen) atoms. The number of hydrazone groups is 1. The molecule has 0 fully saturated rings. The summed E-state index contributed by atoms with van der Waals surface area (Å²) < 4.78 is 30.2. The van der Waals surface area contributed by atoms with Gasteiger partial charge in [-0.3, -0.25) is 10.2 Å². The van der Waals surface area contributed by atoms with Gasteiger partial charge in [-0.15, -0.1) is 0 Å². The van der Waals surface area contributed by atoms with Crippen molar-refractivity contribution in [1.82, 2.24) is 0 Å². The second-order valence-corrected chi connectivity index (χ2v) is 6.99. The Morgan fingerprint density at radius 2 is 1.62 bits per heavy atom. The first-order chi connectivity index (χ1) is 11.3. The molecule has 0 amide bonds. The number of rotatable bonds is 5. The molecule has 0 aliphatic carbocycles. The zero-order valence-electron chi connectivity index (χ0n) is 13.6. The molecule has 2 aromatic carbocycles. The monoisotopic (exact) mass is 346 g/mol. The molecule has 0 unspecified atom stereocenters. The van der Waals surface area contributed by atoms with Gasteiger partial charge in [-0.2, -0.15) is 5.10 Å². The van der Waals surface area contributed by atoms with Gasteiger partial charge in [0, 0.05) is 6.92 Å². The minimum Gasteiger partial charge on any atom is -0.497 e. The summed E-state index contributed by atoms with van der Waals surface area (Å²) in [6.45, 7) is 3.10. The van der Waals surface area contributed by atoms with Crippen molar-refractivity contribution in [2.75, 3.05) is 12.5 Å². The van der Waals surface area contributed by atoms with E-state index in [1.54, 1.807) is 12.1 Å². The number of nitrogens with one attached hydrogen (secondary N) is 1. The summed E-state index contributed by atoms with van der Waals surface area (Å²) in [5.74, 6) is -0.126. The van der Waals surface area contributed by atoms with E-state index in [2.05, 4.69) is 10.5 Å². The van der Waals surface area contributed by atoms with Crippen LogP contribution in [0, 0.1) is 6.92 Å². The molecular weight excluding hydrogens is 328 g/mol. The average molecular weight is 346 g/mol. The van der Waals surface area contributed by atoms with Gasteiger partial charge < -0.3 is 4.74 Å². The first kappa shape index (κ1) is 17.7. The number of anilines is 1. The predicted octanol–water partition coefficient (Wildman–Crippen LogP) is 2.79. The van der Waals surface area contributed by atoms with Gasteiger partial charge in [0.25, 0.3) is 0 Å². The maximum atomic E-state index is 12.6. The van der Waals surface area contributed by atoms with Crippen molar-refractivity contribution in [3.63, 3.8) is 0 Å². The Balaban J connectivity index is 2.35. The van der Waals surface area contributed by atoms with Crippen LogP contribution in [0.4, 0.5) is 5.69 Å². The molecule has 0 aliphatic heterocycles. The quantitative estimate of drug-likeness (QED) is 0.511. The SMILES string of the molecule is COc1ccc(S(=O)(=O)/C(=N\Nc2ccc(C)cc2)C(C)=O)cc1. The molecule has 7 heteroatoms. The number of methoxy groups -OCH3 is 1. The third kappa shape index (κ3) is 3.99. The Morgan fingerprint density at radius 3 is 2.12 bits per heavy atom. The number of benzene rings is 2. The molecule has 0 bridgehead atoms. The molecule has 126 valence electrons. The molecule has 6 nitrogen and oxygen atoms in total. The van der Waals surface area contributed by atoms with Crippen LogP contribution in [0.25, 0.3) is 0 Å². The molecule has 1 N–H and O–H groups in total. The van der Waals surface area contributed by atoms with Crippen LogP contribution in [0.5, 0.6) is 5.75 Å². The van der Waals surface area contributed by atoms with Crippen molar-refractivity contribution in [3.05, 3.63) is 54.1 Å². The maximum absolute atomic E-state index is 12.6. The second-order valence-electron chi connectivity index (χ2n) is 5.13. The standard InChI is InChI=1S/C17H18N2O4S/c1-12-4-6-14(7-5-12)18-19-17(13(2)20)24(21,22)16-10-8-15(23-3)9-11-16/h4-11,18H,1-3H3/b19-17-. The zero-order chi connectivity index (χ0) is 17.7. The second kappa shape index (κ2) is 7.27. The summed E-state index contributed by atoms with van der Waals surface area (Å²) in [6.07, 6.45) is 0. The van der Waals surface area contributed by atoms with Gasteiger partial charge in [0.15, 0.2) is 5.78 Å². The van der Waals surface area contributed by atoms with Crippen molar-refractivity contribution in [1.29, 1.82) is 0 Å². The molecule has 0 saturated carbocycles. The van der Waals surface area contributed by atoms with Crippen molar-refractivity contribution in [2.45, 2.75) is 18.7 Å². The van der Waals surface area contributed by atoms with Crippen LogP contribution < -0.4 is 10.2 Å². The lowest BCUT2D eigenvalue weighted by atomic mass is 10.2. The number of sulfone groups is 1. The summed E-state index contributed by atoms with van der Waals surface area (Å²) in [6, 6.07) is 13.0. The molecule has 0 radical (unpaired) electrons. The van der Waals surface area contributed by atoms with E-state index in [9.17, 15) is 13.2 Å². The fraction of sp³-hybridized carbons (Fsp3) is 0.176. The van der Waals surface area contributed by atoms with E-state index in [1.165, 1.54) is 31.4 Å². The summed E-state index contributed by atoms with van der Waals surface area (Å²) in [4.78, 5) is 11.8. The van der Waals surface area contributed by atoms with Gasteiger partial charge in [-0.25, -0.2) is 8.42 Å². The predicted molar refractivity (Wildman–Crippen MR) is 93.1 cm³/mol. The highest BCUT2D eigenvalue weighted by molar-refractivity contribution is 8.08. The van der Waals surface area contributed by atoms with Crippen molar-refractivity contribution in [2.24, 2.45) is 5.10 Å². The number of carbonyl (C=O) groups excluding carboxylic acids is 1. The van der Waals surface area contributed by atoms with Crippen molar-refractivity contribution < 1.29 is 17.9 Å². The fourth-order valence-corrected chi connectivity index (χ4v) is 3.20. The van der Waals surface area contributed by atoms with Gasteiger partial charge in [0.05, 0.1) is 17.7 Å². The van der Waals surface area contributed by atoms with Crippen molar-refractivity contribution >= 4 is 26.4 Å². The lowest BCUT2D eigenvalue weighted by Gasteiger charge is -2.08. The fourth-order valence-electron chi connectivity index (χ4n) is 1.94. The van der Waals surface area contributed by atoms with Crippen LogP contribution in [0.1, 0.15) is 12.5 Å².